The summed E-state index contributed by atoms with van der Waals surface area (Å²) in [5, 5.41) is 9.76. The van der Waals surface area contributed by atoms with Gasteiger partial charge in [-0.05, 0) is 60.8 Å². The molecule has 0 radical (unpaired) electrons. The lowest BCUT2D eigenvalue weighted by Gasteiger charge is -2.10. The van der Waals surface area contributed by atoms with Gasteiger partial charge in [0.25, 0.3) is 0 Å². The molecule has 2 nitrogen and oxygen atoms in total. The summed E-state index contributed by atoms with van der Waals surface area (Å²) in [5.74, 6) is 0.289. The number of halogens is 1. The van der Waals surface area contributed by atoms with Crippen molar-refractivity contribution in [1.29, 1.82) is 0 Å². The van der Waals surface area contributed by atoms with Gasteiger partial charge in [0.05, 0.1) is 4.91 Å². The monoisotopic (exact) mass is 338 g/mol. The van der Waals surface area contributed by atoms with Crippen molar-refractivity contribution >= 4 is 35.2 Å². The van der Waals surface area contributed by atoms with Crippen LogP contribution in [-0.2, 0) is 11.2 Å². The van der Waals surface area contributed by atoms with Crippen molar-refractivity contribution in [2.75, 3.05) is 6.61 Å². The number of ketones is 1. The molecule has 0 aliphatic carbocycles. The van der Waals surface area contributed by atoms with E-state index in [9.17, 15) is 4.79 Å². The van der Waals surface area contributed by atoms with Gasteiger partial charge in [0.1, 0.15) is 0 Å². The average Bonchev–Trinajstić information content (AvgIpc) is 2.44. The number of carbonyl (C=O) groups is 1. The normalized spacial score (nSPS) is 13.0. The van der Waals surface area contributed by atoms with Crippen molar-refractivity contribution in [1.82, 2.24) is 0 Å². The standard InChI is InChI=1S/C18H23ClO2S/c1-12(2)22-18(14(4)21)10-15-6-8-16(17(19)9-15)7-5-13(3)11-20/h6,8-10,13,20H,1,5,7,11H2,2-4H3/b18-10-. The first-order valence-corrected chi connectivity index (χ1v) is 8.48. The number of Topliss-reactive ketones (excluding diaryl/α,β-unsaturated/α-hetero) is 1. The third kappa shape index (κ3) is 6.39. The lowest BCUT2D eigenvalue weighted by Crippen LogP contribution is -2.02. The van der Waals surface area contributed by atoms with E-state index < -0.39 is 0 Å². The number of aryl methyl sites for hydroxylation is 1. The zero-order valence-electron chi connectivity index (χ0n) is 13.4. The maximum atomic E-state index is 11.7. The van der Waals surface area contributed by atoms with Crippen LogP contribution in [0.25, 0.3) is 6.08 Å². The summed E-state index contributed by atoms with van der Waals surface area (Å²) in [5.41, 5.74) is 1.97. The Bertz CT molecular complexity index is 578. The highest BCUT2D eigenvalue weighted by molar-refractivity contribution is 8.07. The van der Waals surface area contributed by atoms with Crippen molar-refractivity contribution in [2.24, 2.45) is 5.92 Å². The summed E-state index contributed by atoms with van der Waals surface area (Å²) in [7, 11) is 0. The quantitative estimate of drug-likeness (QED) is 0.670. The molecule has 0 amide bonds. The topological polar surface area (TPSA) is 37.3 Å². The maximum Gasteiger partial charge on any atom is 0.166 e. The van der Waals surface area contributed by atoms with E-state index in [1.807, 2.05) is 38.1 Å². The number of allylic oxidation sites excluding steroid dienone is 2. The Morgan fingerprint density at radius 2 is 2.14 bits per heavy atom. The van der Waals surface area contributed by atoms with E-state index in [4.69, 9.17) is 16.7 Å². The van der Waals surface area contributed by atoms with E-state index in [-0.39, 0.29) is 18.3 Å². The summed E-state index contributed by atoms with van der Waals surface area (Å²) >= 11 is 7.70. The fourth-order valence-corrected chi connectivity index (χ4v) is 2.89. The van der Waals surface area contributed by atoms with E-state index in [2.05, 4.69) is 6.58 Å². The molecular formula is C18H23ClO2S. The Morgan fingerprint density at radius 1 is 1.45 bits per heavy atom. The molecule has 1 aromatic carbocycles. The van der Waals surface area contributed by atoms with Crippen LogP contribution < -0.4 is 0 Å². The van der Waals surface area contributed by atoms with Gasteiger partial charge in [-0.15, -0.1) is 0 Å². The van der Waals surface area contributed by atoms with E-state index in [1.165, 1.54) is 11.8 Å². The molecule has 0 bridgehead atoms. The van der Waals surface area contributed by atoms with Crippen LogP contribution >= 0.6 is 23.4 Å². The molecule has 0 aliphatic heterocycles. The van der Waals surface area contributed by atoms with Gasteiger partial charge in [-0.2, -0.15) is 0 Å². The summed E-state index contributed by atoms with van der Waals surface area (Å²) in [6.07, 6.45) is 3.58. The third-order valence-electron chi connectivity index (χ3n) is 3.22. The van der Waals surface area contributed by atoms with Crippen molar-refractivity contribution < 1.29 is 9.90 Å². The van der Waals surface area contributed by atoms with Crippen LogP contribution in [0.5, 0.6) is 0 Å². The second kappa shape index (κ2) is 9.19. The Labute approximate surface area is 142 Å². The van der Waals surface area contributed by atoms with Crippen LogP contribution in [0.3, 0.4) is 0 Å². The Hall–Kier alpha value is -1.03. The van der Waals surface area contributed by atoms with Gasteiger partial charge < -0.3 is 5.11 Å². The van der Waals surface area contributed by atoms with Gasteiger partial charge >= 0.3 is 0 Å². The van der Waals surface area contributed by atoms with Crippen LogP contribution in [0.4, 0.5) is 0 Å². The fraction of sp³-hybridized carbons (Fsp3) is 0.389. The number of hydrogen-bond acceptors (Lipinski definition) is 3. The van der Waals surface area contributed by atoms with Crippen LogP contribution in [0.15, 0.2) is 34.6 Å². The molecule has 120 valence electrons. The number of benzene rings is 1. The summed E-state index contributed by atoms with van der Waals surface area (Å²) in [6, 6.07) is 5.83. The predicted molar refractivity (Wildman–Crippen MR) is 97.1 cm³/mol. The second-order valence-electron chi connectivity index (χ2n) is 5.55. The van der Waals surface area contributed by atoms with E-state index in [0.29, 0.717) is 9.93 Å². The lowest BCUT2D eigenvalue weighted by atomic mass is 10.0. The van der Waals surface area contributed by atoms with Crippen molar-refractivity contribution in [3.05, 3.63) is 50.7 Å². The number of hydrogen-bond donors (Lipinski definition) is 1. The molecule has 0 spiro atoms. The maximum absolute atomic E-state index is 11.7. The number of aliphatic hydroxyl groups excluding tert-OH is 1. The van der Waals surface area contributed by atoms with E-state index >= 15 is 0 Å². The molecule has 0 aliphatic rings. The van der Waals surface area contributed by atoms with Gasteiger partial charge in [-0.1, -0.05) is 49.0 Å². The Balaban J connectivity index is 2.91. The summed E-state index contributed by atoms with van der Waals surface area (Å²) < 4.78 is 0. The highest BCUT2D eigenvalue weighted by Gasteiger charge is 2.08. The smallest absolute Gasteiger partial charge is 0.166 e. The van der Waals surface area contributed by atoms with Crippen LogP contribution in [0.1, 0.15) is 38.3 Å². The summed E-state index contributed by atoms with van der Waals surface area (Å²) in [4.78, 5) is 13.2. The molecule has 4 heteroatoms. The van der Waals surface area contributed by atoms with Gasteiger partial charge in [-0.25, -0.2) is 0 Å². The molecule has 0 aromatic heterocycles. The molecule has 0 heterocycles. The number of aliphatic hydroxyl groups is 1. The molecule has 1 atom stereocenters. The second-order valence-corrected chi connectivity index (χ2v) is 7.29. The minimum absolute atomic E-state index is 0.0185. The van der Waals surface area contributed by atoms with Crippen molar-refractivity contribution in [3.8, 4) is 0 Å². The molecule has 1 rings (SSSR count). The highest BCUT2D eigenvalue weighted by Crippen LogP contribution is 2.28. The number of rotatable bonds is 8. The first kappa shape index (κ1) is 19.0. The summed E-state index contributed by atoms with van der Waals surface area (Å²) in [6.45, 7) is 9.45. The fourth-order valence-electron chi connectivity index (χ4n) is 1.89. The average molecular weight is 339 g/mol. The van der Waals surface area contributed by atoms with Crippen LogP contribution in [0, 0.1) is 5.92 Å². The lowest BCUT2D eigenvalue weighted by molar-refractivity contribution is -0.112. The molecule has 0 saturated carbocycles. The molecule has 0 saturated heterocycles. The Kier molecular flexibility index (Phi) is 7.94. The molecule has 22 heavy (non-hydrogen) atoms. The predicted octanol–water partition coefficient (Wildman–Crippen LogP) is 5.10. The van der Waals surface area contributed by atoms with Gasteiger partial charge in [0.2, 0.25) is 0 Å². The largest absolute Gasteiger partial charge is 0.396 e. The van der Waals surface area contributed by atoms with Crippen LogP contribution in [0.2, 0.25) is 5.02 Å². The minimum Gasteiger partial charge on any atom is -0.396 e. The van der Waals surface area contributed by atoms with Gasteiger partial charge in [-0.3, -0.25) is 4.79 Å². The number of thioether (sulfide) groups is 1. The number of carbonyl (C=O) groups excluding carboxylic acids is 1. The van der Waals surface area contributed by atoms with Crippen LogP contribution in [-0.4, -0.2) is 17.5 Å². The van der Waals surface area contributed by atoms with E-state index in [0.717, 1.165) is 28.9 Å². The van der Waals surface area contributed by atoms with Crippen molar-refractivity contribution in [3.63, 3.8) is 0 Å². The van der Waals surface area contributed by atoms with Crippen molar-refractivity contribution in [2.45, 2.75) is 33.6 Å². The highest BCUT2D eigenvalue weighted by atomic mass is 35.5. The Morgan fingerprint density at radius 3 is 2.64 bits per heavy atom. The third-order valence-corrected chi connectivity index (χ3v) is 4.55. The van der Waals surface area contributed by atoms with Gasteiger partial charge in [0, 0.05) is 11.6 Å². The zero-order valence-corrected chi connectivity index (χ0v) is 14.9. The first-order chi connectivity index (χ1) is 10.3. The van der Waals surface area contributed by atoms with Gasteiger partial charge in [0.15, 0.2) is 5.78 Å². The molecule has 1 N–H and O–H groups in total. The van der Waals surface area contributed by atoms with E-state index in [1.54, 1.807) is 6.92 Å². The molecular weight excluding hydrogens is 316 g/mol. The SMILES string of the molecule is C=C(C)S/C(=C\c1ccc(CCC(C)CO)c(Cl)c1)C(C)=O. The zero-order chi connectivity index (χ0) is 16.7. The minimum atomic E-state index is 0.0185. The first-order valence-electron chi connectivity index (χ1n) is 7.28. The molecule has 1 aromatic rings. The molecule has 0 fully saturated rings. The molecule has 1 unspecified atom stereocenters.